The second kappa shape index (κ2) is 9.26. The first kappa shape index (κ1) is 33.4. The normalized spacial score (nSPS) is 17.2. The maximum atomic E-state index is 14.5. The van der Waals surface area contributed by atoms with Crippen molar-refractivity contribution in [1.29, 1.82) is 0 Å². The van der Waals surface area contributed by atoms with Crippen LogP contribution in [0.15, 0.2) is 34.1 Å². The van der Waals surface area contributed by atoms with E-state index in [-0.39, 0.29) is 6.08 Å². The van der Waals surface area contributed by atoms with E-state index in [1.165, 1.54) is 0 Å². The molecule has 0 aromatic carbocycles. The number of ether oxygens (including phenoxy) is 1. The molecule has 1 aliphatic carbocycles. The molecule has 38 heavy (non-hydrogen) atoms. The fourth-order valence-electron chi connectivity index (χ4n) is 2.68. The number of carbonyl (C=O) groups excluding carboxylic acids is 1. The van der Waals surface area contributed by atoms with Gasteiger partial charge in [0.05, 0.1) is 16.9 Å². The van der Waals surface area contributed by atoms with Crippen molar-refractivity contribution in [2.24, 2.45) is 0 Å². The number of carbonyl (C=O) groups is 1. The Kier molecular flexibility index (Phi) is 8.15. The van der Waals surface area contributed by atoms with Crippen molar-refractivity contribution in [2.75, 3.05) is 0 Å². The van der Waals surface area contributed by atoms with Gasteiger partial charge < -0.3 is 9.29 Å². The van der Waals surface area contributed by atoms with Gasteiger partial charge in [0.2, 0.25) is 5.76 Å². The summed E-state index contributed by atoms with van der Waals surface area (Å²) in [6.45, 7) is 0. The van der Waals surface area contributed by atoms with Gasteiger partial charge in [0.25, 0.3) is 0 Å². The van der Waals surface area contributed by atoms with Crippen LogP contribution in [0.1, 0.15) is 6.42 Å². The number of hydrogen-bond donors (Lipinski definition) is 0. The lowest BCUT2D eigenvalue weighted by Crippen LogP contribution is -2.66. The van der Waals surface area contributed by atoms with E-state index < -0.39 is 92.6 Å². The Balaban J connectivity index is 4.46. The number of allylic oxidation sites excluding steroid dienone is 6. The van der Waals surface area contributed by atoms with Gasteiger partial charge >= 0.3 is 42.2 Å². The Labute approximate surface area is 196 Å². The molecular weight excluding hydrogens is 615 g/mol. The molecule has 0 N–H and O–H groups in total. The van der Waals surface area contributed by atoms with Crippen LogP contribution in [0.2, 0.25) is 0 Å². The average molecular weight is 619 g/mol. The molecule has 0 saturated heterocycles. The van der Waals surface area contributed by atoms with Gasteiger partial charge in [0.15, 0.2) is 5.78 Å². The van der Waals surface area contributed by atoms with Crippen molar-refractivity contribution in [3.63, 3.8) is 0 Å². The molecular formula is C15H4F17O5S-. The van der Waals surface area contributed by atoms with E-state index in [0.717, 1.165) is 0 Å². The van der Waals surface area contributed by atoms with Crippen LogP contribution in [0.3, 0.4) is 0 Å². The summed E-state index contributed by atoms with van der Waals surface area (Å²) in [4.78, 5) is 9.69. The van der Waals surface area contributed by atoms with Gasteiger partial charge in [-0.2, -0.15) is 65.9 Å². The fraction of sp³-hybridized carbons (Fsp3) is 0.533. The summed E-state index contributed by atoms with van der Waals surface area (Å²) in [5.74, 6) is -9.20. The van der Waals surface area contributed by atoms with E-state index >= 15 is 0 Å². The summed E-state index contributed by atoms with van der Waals surface area (Å²) in [5, 5.41) is 0. The molecule has 0 radical (unpaired) electrons. The van der Waals surface area contributed by atoms with Crippen LogP contribution in [0.25, 0.3) is 0 Å². The Morgan fingerprint density at radius 3 is 1.26 bits per heavy atom. The van der Waals surface area contributed by atoms with E-state index in [9.17, 15) is 92.4 Å². The molecule has 1 rings (SSSR count). The molecule has 5 nitrogen and oxygen atoms in total. The number of alkyl halides is 17. The van der Waals surface area contributed by atoms with Crippen LogP contribution in [-0.2, 0) is 19.6 Å². The summed E-state index contributed by atoms with van der Waals surface area (Å²) in [7, 11) is -5.78. The zero-order valence-corrected chi connectivity index (χ0v) is 17.6. The third kappa shape index (κ3) is 5.71. The molecule has 0 aliphatic heterocycles. The SMILES string of the molecule is O=C1CC(OC(=C(C(F)(C(F)(F)F)C(F)(F)F)C(F)(C(F)(F)F)C(F)(F)F)C(F)(F)F)=CC=C1S(=O)(=O)[O-]. The number of ketones is 1. The first-order valence-corrected chi connectivity index (χ1v) is 9.81. The van der Waals surface area contributed by atoms with E-state index in [2.05, 4.69) is 4.74 Å². The van der Waals surface area contributed by atoms with Crippen molar-refractivity contribution >= 4 is 15.9 Å². The van der Waals surface area contributed by atoms with Crippen LogP contribution in [0, 0.1) is 0 Å². The summed E-state index contributed by atoms with van der Waals surface area (Å²) >= 11 is 0. The van der Waals surface area contributed by atoms with Crippen molar-refractivity contribution < 1.29 is 97.1 Å². The molecule has 0 heterocycles. The molecule has 0 unspecified atom stereocenters. The second-order valence-corrected chi connectivity index (χ2v) is 8.18. The summed E-state index contributed by atoms with van der Waals surface area (Å²) in [6.07, 6.45) is -43.2. The third-order valence-electron chi connectivity index (χ3n) is 4.27. The Morgan fingerprint density at radius 1 is 0.684 bits per heavy atom. The number of Topliss-reactive ketones (excluding diaryl/α,β-unsaturated/α-hetero) is 1. The van der Waals surface area contributed by atoms with Crippen LogP contribution in [0.5, 0.6) is 0 Å². The van der Waals surface area contributed by atoms with E-state index in [4.69, 9.17) is 0 Å². The van der Waals surface area contributed by atoms with Gasteiger partial charge in [-0.15, -0.1) is 0 Å². The molecule has 1 aliphatic rings. The average Bonchev–Trinajstić information content (AvgIpc) is 2.61. The van der Waals surface area contributed by atoms with Gasteiger partial charge in [0.1, 0.15) is 15.9 Å². The molecule has 0 aromatic heterocycles. The lowest BCUT2D eigenvalue weighted by atomic mass is 9.79. The standard InChI is InChI=1S/C15H5F17O5S/c16-9(12(21,22)23,13(24,25)26)7(10(17,14(27,28)29)15(30,31)32)8(11(18,19)20)37-4-1-2-6(5(33)3-4)38(34,35)36/h1-2H,3H2,(H,34,35,36)/p-1. The summed E-state index contributed by atoms with van der Waals surface area (Å²) in [5.41, 5.74) is -22.6. The maximum absolute atomic E-state index is 14.5. The highest BCUT2D eigenvalue weighted by molar-refractivity contribution is 7.90. The van der Waals surface area contributed by atoms with E-state index in [1.807, 2.05) is 0 Å². The Morgan fingerprint density at radius 2 is 1.03 bits per heavy atom. The number of rotatable bonds is 5. The Bertz CT molecular complexity index is 1090. The lowest BCUT2D eigenvalue weighted by molar-refractivity contribution is -0.366. The first-order valence-electron chi connectivity index (χ1n) is 8.40. The fourth-order valence-corrected chi connectivity index (χ4v) is 3.26. The van der Waals surface area contributed by atoms with Crippen molar-refractivity contribution in [3.05, 3.63) is 34.1 Å². The molecule has 0 bridgehead atoms. The quantitative estimate of drug-likeness (QED) is 0.222. The summed E-state index contributed by atoms with van der Waals surface area (Å²) < 4.78 is 262. The number of halogens is 17. The largest absolute Gasteiger partial charge is 0.744 e. The molecule has 23 heteroatoms. The zero-order chi connectivity index (χ0) is 30.7. The van der Waals surface area contributed by atoms with E-state index in [1.54, 1.807) is 0 Å². The molecule has 0 spiro atoms. The minimum absolute atomic E-state index is 0.358. The van der Waals surface area contributed by atoms with Gasteiger partial charge in [-0.25, -0.2) is 17.2 Å². The smallest absolute Gasteiger partial charge is 0.449 e. The van der Waals surface area contributed by atoms with Crippen molar-refractivity contribution in [1.82, 2.24) is 0 Å². The topological polar surface area (TPSA) is 83.5 Å². The van der Waals surface area contributed by atoms with Crippen LogP contribution in [0.4, 0.5) is 74.6 Å². The predicted octanol–water partition coefficient (Wildman–Crippen LogP) is 5.77. The van der Waals surface area contributed by atoms with Crippen LogP contribution >= 0.6 is 0 Å². The highest BCUT2D eigenvalue weighted by Gasteiger charge is 2.88. The van der Waals surface area contributed by atoms with Gasteiger partial charge in [-0.3, -0.25) is 4.79 Å². The minimum atomic E-state index is -8.41. The number of hydrogen-bond acceptors (Lipinski definition) is 5. The van der Waals surface area contributed by atoms with Gasteiger partial charge in [0, 0.05) is 0 Å². The van der Waals surface area contributed by atoms with Crippen LogP contribution in [-0.4, -0.2) is 61.0 Å². The molecule has 0 fully saturated rings. The van der Waals surface area contributed by atoms with Gasteiger partial charge in [-0.1, -0.05) is 0 Å². The maximum Gasteiger partial charge on any atom is 0.449 e. The predicted molar refractivity (Wildman–Crippen MR) is 81.6 cm³/mol. The molecule has 220 valence electrons. The monoisotopic (exact) mass is 619 g/mol. The van der Waals surface area contributed by atoms with Crippen LogP contribution < -0.4 is 0 Å². The minimum Gasteiger partial charge on any atom is -0.744 e. The van der Waals surface area contributed by atoms with Gasteiger partial charge in [-0.05, 0) is 12.2 Å². The highest BCUT2D eigenvalue weighted by atomic mass is 32.2. The summed E-state index contributed by atoms with van der Waals surface area (Å²) in [6, 6.07) is 0. The second-order valence-electron chi connectivity index (χ2n) is 6.83. The zero-order valence-electron chi connectivity index (χ0n) is 16.7. The van der Waals surface area contributed by atoms with Crippen molar-refractivity contribution in [3.8, 4) is 0 Å². The highest BCUT2D eigenvalue weighted by Crippen LogP contribution is 2.63. The molecule has 0 atom stereocenters. The van der Waals surface area contributed by atoms with E-state index in [0.29, 0.717) is 0 Å². The molecule has 0 saturated carbocycles. The lowest BCUT2D eigenvalue weighted by Gasteiger charge is -2.41. The van der Waals surface area contributed by atoms with Crippen molar-refractivity contribution in [2.45, 2.75) is 48.6 Å². The third-order valence-corrected chi connectivity index (χ3v) is 5.17. The molecule has 0 aromatic rings. The Hall–Kier alpha value is -2.59. The first-order chi connectivity index (χ1) is 16.3. The molecule has 0 amide bonds.